The van der Waals surface area contributed by atoms with Gasteiger partial charge in [0.1, 0.15) is 5.75 Å². The van der Waals surface area contributed by atoms with E-state index in [4.69, 9.17) is 0 Å². The molecule has 0 bridgehead atoms. The van der Waals surface area contributed by atoms with Gasteiger partial charge in [-0.05, 0) is 35.9 Å². The topological polar surface area (TPSA) is 37.3 Å². The largest absolute Gasteiger partial charge is 0.508 e. The van der Waals surface area contributed by atoms with E-state index in [2.05, 4.69) is 15.9 Å². The highest BCUT2D eigenvalue weighted by Crippen LogP contribution is 2.15. The highest BCUT2D eigenvalue weighted by molar-refractivity contribution is 9.10. The van der Waals surface area contributed by atoms with Crippen molar-refractivity contribution in [2.24, 2.45) is 0 Å². The van der Waals surface area contributed by atoms with E-state index in [0.717, 1.165) is 10.0 Å². The lowest BCUT2D eigenvalue weighted by atomic mass is 10.1. The SMILES string of the molecule is O=C(C=Cc1cccc(O)c1)c1cccc(Br)c1. The molecule has 0 atom stereocenters. The highest BCUT2D eigenvalue weighted by atomic mass is 79.9. The molecule has 0 fully saturated rings. The van der Waals surface area contributed by atoms with Gasteiger partial charge in [-0.3, -0.25) is 4.79 Å². The van der Waals surface area contributed by atoms with E-state index in [1.807, 2.05) is 18.2 Å². The van der Waals surface area contributed by atoms with E-state index in [9.17, 15) is 9.90 Å². The van der Waals surface area contributed by atoms with Crippen LogP contribution in [0.4, 0.5) is 0 Å². The Balaban J connectivity index is 2.17. The van der Waals surface area contributed by atoms with Crippen LogP contribution in [0.2, 0.25) is 0 Å². The molecular formula is C15H11BrO2. The van der Waals surface area contributed by atoms with E-state index in [-0.39, 0.29) is 11.5 Å². The van der Waals surface area contributed by atoms with Gasteiger partial charge < -0.3 is 5.11 Å². The van der Waals surface area contributed by atoms with Gasteiger partial charge in [0.25, 0.3) is 0 Å². The van der Waals surface area contributed by atoms with E-state index >= 15 is 0 Å². The van der Waals surface area contributed by atoms with Gasteiger partial charge in [-0.15, -0.1) is 0 Å². The molecule has 18 heavy (non-hydrogen) atoms. The standard InChI is InChI=1S/C15H11BrO2/c16-13-5-2-4-12(10-13)15(18)8-7-11-3-1-6-14(17)9-11/h1-10,17H. The van der Waals surface area contributed by atoms with Crippen molar-refractivity contribution in [3.63, 3.8) is 0 Å². The van der Waals surface area contributed by atoms with Gasteiger partial charge in [0, 0.05) is 10.0 Å². The molecule has 0 aliphatic rings. The van der Waals surface area contributed by atoms with Crippen molar-refractivity contribution in [2.75, 3.05) is 0 Å². The molecule has 0 radical (unpaired) electrons. The maximum atomic E-state index is 11.9. The number of benzene rings is 2. The third-order valence-electron chi connectivity index (χ3n) is 2.41. The zero-order valence-corrected chi connectivity index (χ0v) is 11.1. The number of carbonyl (C=O) groups excluding carboxylic acids is 1. The molecule has 2 aromatic carbocycles. The highest BCUT2D eigenvalue weighted by Gasteiger charge is 2.01. The molecule has 0 aliphatic carbocycles. The van der Waals surface area contributed by atoms with Crippen molar-refractivity contribution in [2.45, 2.75) is 0 Å². The number of hydrogen-bond acceptors (Lipinski definition) is 2. The first-order valence-corrected chi connectivity index (χ1v) is 6.21. The van der Waals surface area contributed by atoms with Crippen molar-refractivity contribution in [1.29, 1.82) is 0 Å². The van der Waals surface area contributed by atoms with Crippen molar-refractivity contribution in [3.8, 4) is 5.75 Å². The Kier molecular flexibility index (Phi) is 3.95. The van der Waals surface area contributed by atoms with E-state index in [1.165, 1.54) is 6.08 Å². The van der Waals surface area contributed by atoms with E-state index < -0.39 is 0 Å². The van der Waals surface area contributed by atoms with Crippen molar-refractivity contribution < 1.29 is 9.90 Å². The van der Waals surface area contributed by atoms with Gasteiger partial charge in [-0.25, -0.2) is 0 Å². The summed E-state index contributed by atoms with van der Waals surface area (Å²) >= 11 is 3.33. The number of halogens is 1. The lowest BCUT2D eigenvalue weighted by Gasteiger charge is -1.97. The summed E-state index contributed by atoms with van der Waals surface area (Å²) in [7, 11) is 0. The van der Waals surface area contributed by atoms with Crippen LogP contribution in [0.15, 0.2) is 59.1 Å². The number of allylic oxidation sites excluding steroid dienone is 1. The molecule has 0 saturated carbocycles. The molecule has 0 spiro atoms. The fraction of sp³-hybridized carbons (Fsp3) is 0. The Bertz CT molecular complexity index is 603. The maximum Gasteiger partial charge on any atom is 0.185 e. The number of rotatable bonds is 3. The van der Waals surface area contributed by atoms with Crippen molar-refractivity contribution in [1.82, 2.24) is 0 Å². The Hall–Kier alpha value is -1.87. The average molecular weight is 303 g/mol. The van der Waals surface area contributed by atoms with Crippen LogP contribution in [0.3, 0.4) is 0 Å². The summed E-state index contributed by atoms with van der Waals surface area (Å²) in [6.07, 6.45) is 3.18. The number of hydrogen-bond donors (Lipinski definition) is 1. The van der Waals surface area contributed by atoms with E-state index in [0.29, 0.717) is 5.56 Å². The number of phenolic OH excluding ortho intramolecular Hbond substituents is 1. The Morgan fingerprint density at radius 2 is 1.89 bits per heavy atom. The van der Waals surface area contributed by atoms with Gasteiger partial charge in [0.2, 0.25) is 0 Å². The Morgan fingerprint density at radius 3 is 2.61 bits per heavy atom. The van der Waals surface area contributed by atoms with Gasteiger partial charge in [0.05, 0.1) is 0 Å². The summed E-state index contributed by atoms with van der Waals surface area (Å²) < 4.78 is 0.874. The van der Waals surface area contributed by atoms with Gasteiger partial charge in [-0.1, -0.05) is 46.3 Å². The first-order valence-electron chi connectivity index (χ1n) is 5.42. The summed E-state index contributed by atoms with van der Waals surface area (Å²) in [5.74, 6) is 0.117. The van der Waals surface area contributed by atoms with Crippen LogP contribution in [0.5, 0.6) is 5.75 Å². The summed E-state index contributed by atoms with van der Waals surface area (Å²) in [4.78, 5) is 11.9. The van der Waals surface area contributed by atoms with Crippen LogP contribution < -0.4 is 0 Å². The predicted octanol–water partition coefficient (Wildman–Crippen LogP) is 4.05. The number of carbonyl (C=O) groups is 1. The van der Waals surface area contributed by atoms with Crippen LogP contribution in [-0.2, 0) is 0 Å². The molecule has 2 aromatic rings. The minimum atomic E-state index is -0.0698. The molecule has 1 N–H and O–H groups in total. The molecular weight excluding hydrogens is 292 g/mol. The van der Waals surface area contributed by atoms with Crippen LogP contribution in [0, 0.1) is 0 Å². The average Bonchev–Trinajstić information content (AvgIpc) is 2.36. The molecule has 0 heterocycles. The molecule has 90 valence electrons. The lowest BCUT2D eigenvalue weighted by molar-refractivity contribution is 0.104. The predicted molar refractivity (Wildman–Crippen MR) is 75.6 cm³/mol. The Morgan fingerprint density at radius 1 is 1.11 bits per heavy atom. The van der Waals surface area contributed by atoms with Crippen LogP contribution in [0.1, 0.15) is 15.9 Å². The summed E-state index contributed by atoms with van der Waals surface area (Å²) in [6.45, 7) is 0. The van der Waals surface area contributed by atoms with Gasteiger partial charge in [-0.2, -0.15) is 0 Å². The fourth-order valence-corrected chi connectivity index (χ4v) is 1.94. The fourth-order valence-electron chi connectivity index (χ4n) is 1.54. The lowest BCUT2D eigenvalue weighted by Crippen LogP contribution is -1.93. The molecule has 0 aromatic heterocycles. The molecule has 0 unspecified atom stereocenters. The smallest absolute Gasteiger partial charge is 0.185 e. The number of ketones is 1. The third-order valence-corrected chi connectivity index (χ3v) is 2.90. The molecule has 0 saturated heterocycles. The molecule has 0 aliphatic heterocycles. The first-order chi connectivity index (χ1) is 8.65. The van der Waals surface area contributed by atoms with Gasteiger partial charge >= 0.3 is 0 Å². The third kappa shape index (κ3) is 3.31. The van der Waals surface area contributed by atoms with Gasteiger partial charge in [0.15, 0.2) is 5.78 Å². The molecule has 2 rings (SSSR count). The van der Waals surface area contributed by atoms with E-state index in [1.54, 1.807) is 36.4 Å². The zero-order chi connectivity index (χ0) is 13.0. The van der Waals surface area contributed by atoms with Crippen molar-refractivity contribution >= 4 is 27.8 Å². The second-order valence-corrected chi connectivity index (χ2v) is 4.72. The molecule has 0 amide bonds. The van der Waals surface area contributed by atoms with Crippen LogP contribution in [0.25, 0.3) is 6.08 Å². The zero-order valence-electron chi connectivity index (χ0n) is 9.51. The normalized spacial score (nSPS) is 10.7. The quantitative estimate of drug-likeness (QED) is 0.686. The monoisotopic (exact) mass is 302 g/mol. The summed E-state index contributed by atoms with van der Waals surface area (Å²) in [6, 6.07) is 14.0. The van der Waals surface area contributed by atoms with Crippen molar-refractivity contribution in [3.05, 3.63) is 70.2 Å². The summed E-state index contributed by atoms with van der Waals surface area (Å²) in [5, 5.41) is 9.31. The minimum Gasteiger partial charge on any atom is -0.508 e. The second-order valence-electron chi connectivity index (χ2n) is 3.80. The summed E-state index contributed by atoms with van der Waals surface area (Å²) in [5.41, 5.74) is 1.42. The first kappa shape index (κ1) is 12.6. The molecule has 3 heteroatoms. The van der Waals surface area contributed by atoms with Crippen LogP contribution in [-0.4, -0.2) is 10.9 Å². The number of phenols is 1. The Labute approximate surface area is 114 Å². The number of aromatic hydroxyl groups is 1. The minimum absolute atomic E-state index is 0.0698. The maximum absolute atomic E-state index is 11.9. The second kappa shape index (κ2) is 5.65. The van der Waals surface area contributed by atoms with Crippen LogP contribution >= 0.6 is 15.9 Å². The molecule has 2 nitrogen and oxygen atoms in total.